The Labute approximate surface area is 114 Å². The average molecular weight is 268 g/mol. The minimum atomic E-state index is -0.796. The standard InChI is InChI=1S/C13H24N4O2/c1-5-13(19,10(2)3)9-17-11(8-15-16-17)6-7-12(18)14-4/h8,10,19H,5-7,9H2,1-4H3,(H,14,18). The van der Waals surface area contributed by atoms with Crippen molar-refractivity contribution in [2.24, 2.45) is 5.92 Å². The fraction of sp³-hybridized carbons (Fsp3) is 0.769. The quantitative estimate of drug-likeness (QED) is 0.765. The second-order valence-electron chi connectivity index (χ2n) is 5.17. The normalized spacial score (nSPS) is 14.4. The Hall–Kier alpha value is -1.43. The van der Waals surface area contributed by atoms with Gasteiger partial charge in [0.05, 0.1) is 24.0 Å². The monoisotopic (exact) mass is 268 g/mol. The Balaban J connectivity index is 2.74. The van der Waals surface area contributed by atoms with Gasteiger partial charge in [0.2, 0.25) is 5.91 Å². The SMILES string of the molecule is CCC(O)(Cn1nncc1CCC(=O)NC)C(C)C. The second-order valence-corrected chi connectivity index (χ2v) is 5.17. The molecule has 1 rings (SSSR count). The molecule has 0 aromatic carbocycles. The molecule has 1 aromatic heterocycles. The highest BCUT2D eigenvalue weighted by Crippen LogP contribution is 2.23. The molecule has 6 heteroatoms. The zero-order valence-corrected chi connectivity index (χ0v) is 12.2. The lowest BCUT2D eigenvalue weighted by atomic mass is 9.87. The molecule has 1 heterocycles. The molecule has 0 bridgehead atoms. The Kier molecular flexibility index (Phi) is 5.47. The molecule has 1 unspecified atom stereocenters. The van der Waals surface area contributed by atoms with Gasteiger partial charge < -0.3 is 10.4 Å². The number of carbonyl (C=O) groups excluding carboxylic acids is 1. The lowest BCUT2D eigenvalue weighted by Gasteiger charge is -2.31. The van der Waals surface area contributed by atoms with E-state index in [0.29, 0.717) is 25.8 Å². The molecular formula is C13H24N4O2. The van der Waals surface area contributed by atoms with E-state index in [1.54, 1.807) is 17.9 Å². The number of hydrogen-bond acceptors (Lipinski definition) is 4. The molecule has 1 aromatic rings. The van der Waals surface area contributed by atoms with Crippen LogP contribution in [-0.4, -0.2) is 38.7 Å². The largest absolute Gasteiger partial charge is 0.388 e. The van der Waals surface area contributed by atoms with Crippen LogP contribution in [0.1, 0.15) is 39.3 Å². The zero-order chi connectivity index (χ0) is 14.5. The summed E-state index contributed by atoms with van der Waals surface area (Å²) < 4.78 is 1.70. The summed E-state index contributed by atoms with van der Waals surface area (Å²) in [7, 11) is 1.62. The molecule has 0 saturated heterocycles. The van der Waals surface area contributed by atoms with Crippen LogP contribution in [0.2, 0.25) is 0 Å². The molecule has 6 nitrogen and oxygen atoms in total. The summed E-state index contributed by atoms with van der Waals surface area (Å²) in [6.45, 7) is 6.35. The summed E-state index contributed by atoms with van der Waals surface area (Å²) in [6.07, 6.45) is 3.28. The lowest BCUT2D eigenvalue weighted by molar-refractivity contribution is -0.120. The molecule has 0 spiro atoms. The van der Waals surface area contributed by atoms with Gasteiger partial charge in [-0.15, -0.1) is 5.10 Å². The van der Waals surface area contributed by atoms with Crippen LogP contribution in [0.4, 0.5) is 0 Å². The van der Waals surface area contributed by atoms with E-state index in [1.807, 2.05) is 20.8 Å². The number of hydrogen-bond donors (Lipinski definition) is 2. The molecule has 1 atom stereocenters. The minimum absolute atomic E-state index is 0.0117. The van der Waals surface area contributed by atoms with Crippen molar-refractivity contribution in [2.45, 2.75) is 52.2 Å². The highest BCUT2D eigenvalue weighted by Gasteiger charge is 2.30. The van der Waals surface area contributed by atoms with E-state index in [9.17, 15) is 9.90 Å². The van der Waals surface area contributed by atoms with Crippen molar-refractivity contribution in [2.75, 3.05) is 7.05 Å². The lowest BCUT2D eigenvalue weighted by Crippen LogP contribution is -2.39. The van der Waals surface area contributed by atoms with Crippen LogP contribution < -0.4 is 5.32 Å². The Morgan fingerprint density at radius 1 is 1.58 bits per heavy atom. The van der Waals surface area contributed by atoms with E-state index >= 15 is 0 Å². The van der Waals surface area contributed by atoms with Crippen LogP contribution in [0.3, 0.4) is 0 Å². The first-order valence-electron chi connectivity index (χ1n) is 6.73. The Bertz CT molecular complexity index is 417. The molecular weight excluding hydrogens is 244 g/mol. The highest BCUT2D eigenvalue weighted by molar-refractivity contribution is 5.75. The van der Waals surface area contributed by atoms with Crippen molar-refractivity contribution in [3.63, 3.8) is 0 Å². The van der Waals surface area contributed by atoms with Crippen molar-refractivity contribution in [3.8, 4) is 0 Å². The summed E-state index contributed by atoms with van der Waals surface area (Å²) in [5, 5.41) is 21.0. The third-order valence-electron chi connectivity index (χ3n) is 3.70. The van der Waals surface area contributed by atoms with Crippen molar-refractivity contribution in [1.82, 2.24) is 20.3 Å². The van der Waals surface area contributed by atoms with Crippen LogP contribution in [0, 0.1) is 5.92 Å². The van der Waals surface area contributed by atoms with Crippen LogP contribution in [0.25, 0.3) is 0 Å². The maximum Gasteiger partial charge on any atom is 0.220 e. The number of aliphatic hydroxyl groups is 1. The number of nitrogens with zero attached hydrogens (tertiary/aromatic N) is 3. The first-order valence-corrected chi connectivity index (χ1v) is 6.73. The second kappa shape index (κ2) is 6.65. The van der Waals surface area contributed by atoms with E-state index in [0.717, 1.165) is 5.69 Å². The van der Waals surface area contributed by atoms with Gasteiger partial charge in [-0.3, -0.25) is 4.79 Å². The van der Waals surface area contributed by atoms with Crippen LogP contribution in [0.5, 0.6) is 0 Å². The average Bonchev–Trinajstić information content (AvgIpc) is 2.82. The Morgan fingerprint density at radius 2 is 2.26 bits per heavy atom. The van der Waals surface area contributed by atoms with Crippen molar-refractivity contribution < 1.29 is 9.90 Å². The van der Waals surface area contributed by atoms with Gasteiger partial charge in [-0.25, -0.2) is 4.68 Å². The van der Waals surface area contributed by atoms with Gasteiger partial charge in [0, 0.05) is 13.5 Å². The number of rotatable bonds is 7. The fourth-order valence-electron chi connectivity index (χ4n) is 1.93. The molecule has 0 aliphatic rings. The van der Waals surface area contributed by atoms with Crippen molar-refractivity contribution >= 4 is 5.91 Å². The maximum atomic E-state index is 11.3. The topological polar surface area (TPSA) is 80.0 Å². The first-order chi connectivity index (χ1) is 8.92. The smallest absolute Gasteiger partial charge is 0.220 e. The molecule has 0 aliphatic carbocycles. The van der Waals surface area contributed by atoms with Gasteiger partial charge in [-0.05, 0) is 18.8 Å². The number of nitrogens with one attached hydrogen (secondary N) is 1. The number of carbonyl (C=O) groups is 1. The van der Waals surface area contributed by atoms with E-state index < -0.39 is 5.60 Å². The van der Waals surface area contributed by atoms with E-state index in [1.165, 1.54) is 0 Å². The summed E-state index contributed by atoms with van der Waals surface area (Å²) in [5.74, 6) is 0.121. The summed E-state index contributed by atoms with van der Waals surface area (Å²) in [5.41, 5.74) is 0.0752. The van der Waals surface area contributed by atoms with Gasteiger partial charge in [0.1, 0.15) is 0 Å². The van der Waals surface area contributed by atoms with Gasteiger partial charge in [0.15, 0.2) is 0 Å². The van der Waals surface area contributed by atoms with E-state index in [2.05, 4.69) is 15.6 Å². The molecule has 1 amide bonds. The van der Waals surface area contributed by atoms with Crippen LogP contribution in [-0.2, 0) is 17.8 Å². The van der Waals surface area contributed by atoms with Gasteiger partial charge in [-0.1, -0.05) is 26.0 Å². The number of aryl methyl sites for hydroxylation is 1. The molecule has 0 saturated carbocycles. The third kappa shape index (κ3) is 4.02. The minimum Gasteiger partial charge on any atom is -0.388 e. The maximum absolute atomic E-state index is 11.3. The molecule has 2 N–H and O–H groups in total. The van der Waals surface area contributed by atoms with Gasteiger partial charge >= 0.3 is 0 Å². The first kappa shape index (κ1) is 15.6. The summed E-state index contributed by atoms with van der Waals surface area (Å²) >= 11 is 0. The fourth-order valence-corrected chi connectivity index (χ4v) is 1.93. The molecule has 0 aliphatic heterocycles. The summed E-state index contributed by atoms with van der Waals surface area (Å²) in [6, 6.07) is 0. The third-order valence-corrected chi connectivity index (χ3v) is 3.70. The van der Waals surface area contributed by atoms with Crippen LogP contribution >= 0.6 is 0 Å². The van der Waals surface area contributed by atoms with Gasteiger partial charge in [0.25, 0.3) is 0 Å². The zero-order valence-electron chi connectivity index (χ0n) is 12.2. The van der Waals surface area contributed by atoms with Crippen molar-refractivity contribution in [1.29, 1.82) is 0 Å². The number of amides is 1. The molecule has 108 valence electrons. The van der Waals surface area contributed by atoms with Crippen molar-refractivity contribution in [3.05, 3.63) is 11.9 Å². The predicted octanol–water partition coefficient (Wildman–Crippen LogP) is 0.754. The van der Waals surface area contributed by atoms with E-state index in [4.69, 9.17) is 0 Å². The summed E-state index contributed by atoms with van der Waals surface area (Å²) in [4.78, 5) is 11.3. The molecule has 19 heavy (non-hydrogen) atoms. The van der Waals surface area contributed by atoms with Crippen LogP contribution in [0.15, 0.2) is 6.20 Å². The Morgan fingerprint density at radius 3 is 2.79 bits per heavy atom. The molecule has 0 radical (unpaired) electrons. The molecule has 0 fully saturated rings. The van der Waals surface area contributed by atoms with Gasteiger partial charge in [-0.2, -0.15) is 0 Å². The predicted molar refractivity (Wildman–Crippen MR) is 72.5 cm³/mol. The van der Waals surface area contributed by atoms with E-state index in [-0.39, 0.29) is 11.8 Å². The highest BCUT2D eigenvalue weighted by atomic mass is 16.3. The number of aromatic nitrogens is 3.